The van der Waals surface area contributed by atoms with Gasteiger partial charge in [0.15, 0.2) is 0 Å². The lowest BCUT2D eigenvalue weighted by atomic mass is 9.96. The van der Waals surface area contributed by atoms with Crippen molar-refractivity contribution in [2.24, 2.45) is 11.8 Å². The van der Waals surface area contributed by atoms with Crippen LogP contribution in [0.3, 0.4) is 0 Å². The van der Waals surface area contributed by atoms with E-state index in [9.17, 15) is 0 Å². The highest BCUT2D eigenvalue weighted by Gasteiger charge is 2.25. The Bertz CT molecular complexity index is 225. The van der Waals surface area contributed by atoms with Crippen LogP contribution in [0.25, 0.3) is 0 Å². The maximum absolute atomic E-state index is 3.91. The zero-order valence-electron chi connectivity index (χ0n) is 12.6. The van der Waals surface area contributed by atoms with Gasteiger partial charge in [-0.05, 0) is 57.5 Å². The molecule has 2 heteroatoms. The molecule has 0 radical (unpaired) electrons. The minimum absolute atomic E-state index is 0.745. The first kappa shape index (κ1) is 14.3. The highest BCUT2D eigenvalue weighted by molar-refractivity contribution is 4.84. The van der Waals surface area contributed by atoms with E-state index in [1.54, 1.807) is 0 Å². The minimum Gasteiger partial charge on any atom is -0.311 e. The molecule has 1 saturated heterocycles. The summed E-state index contributed by atoms with van der Waals surface area (Å²) in [5, 5.41) is 3.91. The molecule has 1 heterocycles. The van der Waals surface area contributed by atoms with Gasteiger partial charge in [-0.15, -0.1) is 0 Å². The van der Waals surface area contributed by atoms with Crippen LogP contribution in [0.1, 0.15) is 59.3 Å². The van der Waals surface area contributed by atoms with E-state index in [2.05, 4.69) is 31.0 Å². The molecule has 0 bridgehead atoms. The monoisotopic (exact) mass is 252 g/mol. The summed E-state index contributed by atoms with van der Waals surface area (Å²) in [7, 11) is 0. The molecule has 1 N–H and O–H groups in total. The molecule has 2 rings (SSSR count). The van der Waals surface area contributed by atoms with E-state index >= 15 is 0 Å². The van der Waals surface area contributed by atoms with Crippen molar-refractivity contribution in [2.75, 3.05) is 19.6 Å². The summed E-state index contributed by atoms with van der Waals surface area (Å²) in [5.41, 5.74) is 0. The van der Waals surface area contributed by atoms with Crippen molar-refractivity contribution in [2.45, 2.75) is 71.4 Å². The van der Waals surface area contributed by atoms with Crippen LogP contribution in [-0.4, -0.2) is 36.6 Å². The number of rotatable bonds is 5. The molecule has 106 valence electrons. The molecule has 1 saturated carbocycles. The summed E-state index contributed by atoms with van der Waals surface area (Å²) in [6.07, 6.45) is 8.54. The summed E-state index contributed by atoms with van der Waals surface area (Å²) in [6, 6.07) is 1.53. The van der Waals surface area contributed by atoms with Crippen LogP contribution in [-0.2, 0) is 0 Å². The van der Waals surface area contributed by atoms with Gasteiger partial charge in [0.05, 0.1) is 0 Å². The lowest BCUT2D eigenvalue weighted by Gasteiger charge is -2.35. The first-order valence-corrected chi connectivity index (χ1v) is 8.13. The van der Waals surface area contributed by atoms with Gasteiger partial charge < -0.3 is 10.2 Å². The fourth-order valence-corrected chi connectivity index (χ4v) is 3.76. The van der Waals surface area contributed by atoms with Crippen molar-refractivity contribution in [3.05, 3.63) is 0 Å². The van der Waals surface area contributed by atoms with Crippen molar-refractivity contribution >= 4 is 0 Å². The average Bonchev–Trinajstić information content (AvgIpc) is 2.84. The van der Waals surface area contributed by atoms with E-state index in [0.717, 1.165) is 23.9 Å². The van der Waals surface area contributed by atoms with E-state index in [-0.39, 0.29) is 0 Å². The Kier molecular flexibility index (Phi) is 5.50. The van der Waals surface area contributed by atoms with E-state index < -0.39 is 0 Å². The second-order valence-corrected chi connectivity index (χ2v) is 6.97. The molecule has 1 atom stereocenters. The van der Waals surface area contributed by atoms with Gasteiger partial charge in [-0.2, -0.15) is 0 Å². The number of hydrogen-bond acceptors (Lipinski definition) is 2. The van der Waals surface area contributed by atoms with Crippen LogP contribution in [0.2, 0.25) is 0 Å². The van der Waals surface area contributed by atoms with Gasteiger partial charge in [0.1, 0.15) is 0 Å². The molecule has 0 spiro atoms. The van der Waals surface area contributed by atoms with Gasteiger partial charge in [-0.1, -0.05) is 26.7 Å². The smallest absolute Gasteiger partial charge is 0.00940 e. The molecule has 2 nitrogen and oxygen atoms in total. The molecule has 18 heavy (non-hydrogen) atoms. The summed E-state index contributed by atoms with van der Waals surface area (Å²) in [6.45, 7) is 10.9. The second kappa shape index (κ2) is 6.91. The summed E-state index contributed by atoms with van der Waals surface area (Å²) >= 11 is 0. The predicted molar refractivity (Wildman–Crippen MR) is 78.9 cm³/mol. The Morgan fingerprint density at radius 2 is 1.61 bits per heavy atom. The maximum atomic E-state index is 3.91. The normalized spacial score (nSPS) is 26.0. The van der Waals surface area contributed by atoms with Crippen molar-refractivity contribution in [3.8, 4) is 0 Å². The standard InChI is InChI=1S/C16H32N2/c1-13(2)12-18-10-8-16(9-11-18)17-14(3)15-6-4-5-7-15/h13-17H,4-12H2,1-3H3/t14-/m1/s1. The van der Waals surface area contributed by atoms with E-state index in [0.29, 0.717) is 0 Å². The number of nitrogens with zero attached hydrogens (tertiary/aromatic N) is 1. The highest BCUT2D eigenvalue weighted by atomic mass is 15.1. The summed E-state index contributed by atoms with van der Waals surface area (Å²) < 4.78 is 0. The zero-order chi connectivity index (χ0) is 13.0. The molecule has 0 aromatic carbocycles. The number of piperidine rings is 1. The Balaban J connectivity index is 1.66. The molecular weight excluding hydrogens is 220 g/mol. The van der Waals surface area contributed by atoms with E-state index in [1.807, 2.05) is 0 Å². The SMILES string of the molecule is CC(C)CN1CCC(N[C@H](C)C2CCCC2)CC1. The second-order valence-electron chi connectivity index (χ2n) is 6.97. The Labute approximate surface area is 114 Å². The molecular formula is C16H32N2. The Hall–Kier alpha value is -0.0800. The summed E-state index contributed by atoms with van der Waals surface area (Å²) in [4.78, 5) is 2.64. The van der Waals surface area contributed by atoms with Gasteiger partial charge in [0.2, 0.25) is 0 Å². The minimum atomic E-state index is 0.745. The molecule has 2 aliphatic rings. The fraction of sp³-hybridized carbons (Fsp3) is 1.00. The average molecular weight is 252 g/mol. The molecule has 0 aromatic rings. The van der Waals surface area contributed by atoms with Crippen LogP contribution in [0.4, 0.5) is 0 Å². The Morgan fingerprint density at radius 3 is 2.17 bits per heavy atom. The topological polar surface area (TPSA) is 15.3 Å². The number of hydrogen-bond donors (Lipinski definition) is 1. The number of likely N-dealkylation sites (tertiary alicyclic amines) is 1. The largest absolute Gasteiger partial charge is 0.311 e. The molecule has 0 amide bonds. The predicted octanol–water partition coefficient (Wildman–Crippen LogP) is 3.28. The molecule has 1 aliphatic carbocycles. The Morgan fingerprint density at radius 1 is 1.00 bits per heavy atom. The van der Waals surface area contributed by atoms with Crippen molar-refractivity contribution in [3.63, 3.8) is 0 Å². The van der Waals surface area contributed by atoms with Crippen LogP contribution < -0.4 is 5.32 Å². The van der Waals surface area contributed by atoms with Gasteiger partial charge in [-0.3, -0.25) is 0 Å². The van der Waals surface area contributed by atoms with Crippen molar-refractivity contribution in [1.29, 1.82) is 0 Å². The lowest BCUT2D eigenvalue weighted by Crippen LogP contribution is -2.47. The third-order valence-corrected chi connectivity index (χ3v) is 4.82. The van der Waals surface area contributed by atoms with E-state index in [4.69, 9.17) is 0 Å². The zero-order valence-corrected chi connectivity index (χ0v) is 12.6. The first-order chi connectivity index (χ1) is 8.65. The van der Waals surface area contributed by atoms with Gasteiger partial charge in [0, 0.05) is 18.6 Å². The fourth-order valence-electron chi connectivity index (χ4n) is 3.76. The summed E-state index contributed by atoms with van der Waals surface area (Å²) in [5.74, 6) is 1.77. The van der Waals surface area contributed by atoms with Crippen LogP contribution in [0, 0.1) is 11.8 Å². The van der Waals surface area contributed by atoms with Gasteiger partial charge in [-0.25, -0.2) is 0 Å². The van der Waals surface area contributed by atoms with Gasteiger partial charge in [0.25, 0.3) is 0 Å². The van der Waals surface area contributed by atoms with Crippen LogP contribution >= 0.6 is 0 Å². The van der Waals surface area contributed by atoms with Crippen molar-refractivity contribution in [1.82, 2.24) is 10.2 Å². The number of nitrogens with one attached hydrogen (secondary N) is 1. The molecule has 0 unspecified atom stereocenters. The van der Waals surface area contributed by atoms with Crippen molar-refractivity contribution < 1.29 is 0 Å². The van der Waals surface area contributed by atoms with Gasteiger partial charge >= 0.3 is 0 Å². The molecule has 0 aromatic heterocycles. The third-order valence-electron chi connectivity index (χ3n) is 4.82. The van der Waals surface area contributed by atoms with Crippen LogP contribution in [0.5, 0.6) is 0 Å². The third kappa shape index (κ3) is 4.24. The molecule has 2 fully saturated rings. The maximum Gasteiger partial charge on any atom is 0.00940 e. The van der Waals surface area contributed by atoms with Crippen LogP contribution in [0.15, 0.2) is 0 Å². The quantitative estimate of drug-likeness (QED) is 0.808. The van der Waals surface area contributed by atoms with E-state index in [1.165, 1.54) is 58.2 Å². The first-order valence-electron chi connectivity index (χ1n) is 8.13. The lowest BCUT2D eigenvalue weighted by molar-refractivity contribution is 0.169. The molecule has 1 aliphatic heterocycles. The highest BCUT2D eigenvalue weighted by Crippen LogP contribution is 2.28.